The van der Waals surface area contributed by atoms with E-state index in [0.717, 1.165) is 18.6 Å². The number of rotatable bonds is 3. The molecule has 0 heterocycles. The minimum atomic E-state index is 0.438. The third-order valence-electron chi connectivity index (χ3n) is 3.63. The van der Waals surface area contributed by atoms with Gasteiger partial charge in [-0.1, -0.05) is 37.3 Å². The standard InChI is InChI=1S/C16H20O/c1-11(2)12(3)13-5-6-15-10-16(17-4)8-7-14(15)9-13/h5-6,9-10,12H,1,7-8H2,2-4H3. The molecule has 0 aromatic heterocycles. The minimum absolute atomic E-state index is 0.438. The van der Waals surface area contributed by atoms with Crippen LogP contribution in [-0.2, 0) is 11.2 Å². The predicted molar refractivity (Wildman–Crippen MR) is 73.0 cm³/mol. The highest BCUT2D eigenvalue weighted by Crippen LogP contribution is 2.29. The Hall–Kier alpha value is -1.50. The molecule has 0 bridgehead atoms. The van der Waals surface area contributed by atoms with Crippen molar-refractivity contribution in [2.75, 3.05) is 7.11 Å². The summed E-state index contributed by atoms with van der Waals surface area (Å²) in [4.78, 5) is 0. The van der Waals surface area contributed by atoms with E-state index < -0.39 is 0 Å². The van der Waals surface area contributed by atoms with Gasteiger partial charge in [0.1, 0.15) is 0 Å². The van der Waals surface area contributed by atoms with Gasteiger partial charge in [0, 0.05) is 12.3 Å². The quantitative estimate of drug-likeness (QED) is 0.701. The van der Waals surface area contributed by atoms with Gasteiger partial charge in [-0.2, -0.15) is 0 Å². The van der Waals surface area contributed by atoms with Gasteiger partial charge in [0.15, 0.2) is 0 Å². The second-order valence-electron chi connectivity index (χ2n) is 4.84. The molecule has 0 saturated carbocycles. The van der Waals surface area contributed by atoms with Crippen LogP contribution in [0.4, 0.5) is 0 Å². The molecule has 1 aliphatic rings. The van der Waals surface area contributed by atoms with Crippen LogP contribution >= 0.6 is 0 Å². The molecule has 1 aliphatic carbocycles. The van der Waals surface area contributed by atoms with Crippen molar-refractivity contribution in [3.05, 3.63) is 52.8 Å². The SMILES string of the molecule is C=C(C)C(C)c1ccc2c(c1)CCC(OC)=C2. The number of hydrogen-bond acceptors (Lipinski definition) is 1. The first-order valence-electron chi connectivity index (χ1n) is 6.14. The summed E-state index contributed by atoms with van der Waals surface area (Å²) in [5.74, 6) is 1.52. The molecule has 0 radical (unpaired) electrons. The largest absolute Gasteiger partial charge is 0.501 e. The van der Waals surface area contributed by atoms with Crippen molar-refractivity contribution < 1.29 is 4.74 Å². The first kappa shape index (κ1) is 12.0. The van der Waals surface area contributed by atoms with Gasteiger partial charge < -0.3 is 4.74 Å². The average molecular weight is 228 g/mol. The van der Waals surface area contributed by atoms with Gasteiger partial charge in [0.2, 0.25) is 0 Å². The van der Waals surface area contributed by atoms with Gasteiger partial charge >= 0.3 is 0 Å². The maximum absolute atomic E-state index is 5.31. The molecule has 1 nitrogen and oxygen atoms in total. The van der Waals surface area contributed by atoms with Gasteiger partial charge in [-0.3, -0.25) is 0 Å². The fraction of sp³-hybridized carbons (Fsp3) is 0.375. The molecule has 0 N–H and O–H groups in total. The van der Waals surface area contributed by atoms with Crippen LogP contribution in [0.2, 0.25) is 0 Å². The normalized spacial score (nSPS) is 15.8. The smallest absolute Gasteiger partial charge is 0.0964 e. The van der Waals surface area contributed by atoms with Crippen LogP contribution < -0.4 is 0 Å². The average Bonchev–Trinajstić information content (AvgIpc) is 2.36. The molecule has 0 fully saturated rings. The summed E-state index contributed by atoms with van der Waals surface area (Å²) >= 11 is 0. The lowest BCUT2D eigenvalue weighted by molar-refractivity contribution is 0.280. The van der Waals surface area contributed by atoms with E-state index in [0.29, 0.717) is 5.92 Å². The molecule has 1 heteroatoms. The lowest BCUT2D eigenvalue weighted by Crippen LogP contribution is -2.03. The third kappa shape index (κ3) is 2.44. The molecule has 1 atom stereocenters. The number of ether oxygens (including phenoxy) is 1. The molecule has 0 saturated heterocycles. The van der Waals surface area contributed by atoms with Gasteiger partial charge in [-0.05, 0) is 36.1 Å². The van der Waals surface area contributed by atoms with E-state index in [2.05, 4.69) is 44.7 Å². The summed E-state index contributed by atoms with van der Waals surface area (Å²) in [6.07, 6.45) is 4.23. The van der Waals surface area contributed by atoms with Crippen LogP contribution in [-0.4, -0.2) is 7.11 Å². The van der Waals surface area contributed by atoms with Crippen molar-refractivity contribution in [1.82, 2.24) is 0 Å². The molecule has 90 valence electrons. The molecule has 0 aliphatic heterocycles. The summed E-state index contributed by atoms with van der Waals surface area (Å²) in [6, 6.07) is 6.72. The van der Waals surface area contributed by atoms with Gasteiger partial charge in [0.25, 0.3) is 0 Å². The van der Waals surface area contributed by atoms with E-state index in [1.54, 1.807) is 7.11 Å². The fourth-order valence-corrected chi connectivity index (χ4v) is 2.20. The Kier molecular flexibility index (Phi) is 3.37. The first-order valence-corrected chi connectivity index (χ1v) is 6.14. The van der Waals surface area contributed by atoms with Crippen molar-refractivity contribution in [2.45, 2.75) is 32.6 Å². The molecular weight excluding hydrogens is 208 g/mol. The van der Waals surface area contributed by atoms with Gasteiger partial charge in [0.05, 0.1) is 12.9 Å². The molecule has 0 spiro atoms. The Morgan fingerprint density at radius 3 is 2.76 bits per heavy atom. The summed E-state index contributed by atoms with van der Waals surface area (Å²) < 4.78 is 5.31. The maximum atomic E-state index is 5.31. The molecule has 17 heavy (non-hydrogen) atoms. The highest BCUT2D eigenvalue weighted by Gasteiger charge is 2.13. The van der Waals surface area contributed by atoms with Crippen molar-refractivity contribution in [3.8, 4) is 0 Å². The van der Waals surface area contributed by atoms with E-state index in [1.807, 2.05) is 0 Å². The van der Waals surface area contributed by atoms with Gasteiger partial charge in [-0.15, -0.1) is 0 Å². The number of allylic oxidation sites excluding steroid dienone is 2. The summed E-state index contributed by atoms with van der Waals surface area (Å²) in [6.45, 7) is 8.34. The van der Waals surface area contributed by atoms with E-state index in [1.165, 1.54) is 22.3 Å². The topological polar surface area (TPSA) is 9.23 Å². The maximum Gasteiger partial charge on any atom is 0.0964 e. The summed E-state index contributed by atoms with van der Waals surface area (Å²) in [7, 11) is 1.74. The second-order valence-corrected chi connectivity index (χ2v) is 4.84. The lowest BCUT2D eigenvalue weighted by Gasteiger charge is -2.19. The highest BCUT2D eigenvalue weighted by atomic mass is 16.5. The Morgan fingerprint density at radius 2 is 2.12 bits per heavy atom. The summed E-state index contributed by atoms with van der Waals surface area (Å²) in [5, 5.41) is 0. The van der Waals surface area contributed by atoms with Crippen LogP contribution in [0.1, 0.15) is 42.9 Å². The van der Waals surface area contributed by atoms with E-state index >= 15 is 0 Å². The third-order valence-corrected chi connectivity index (χ3v) is 3.63. The molecule has 1 unspecified atom stereocenters. The summed E-state index contributed by atoms with van der Waals surface area (Å²) in [5.41, 5.74) is 5.31. The van der Waals surface area contributed by atoms with Crippen LogP contribution in [0, 0.1) is 0 Å². The van der Waals surface area contributed by atoms with Crippen LogP contribution in [0.15, 0.2) is 36.1 Å². The van der Waals surface area contributed by atoms with Crippen LogP contribution in [0.3, 0.4) is 0 Å². The molecule has 0 amide bonds. The fourth-order valence-electron chi connectivity index (χ4n) is 2.20. The van der Waals surface area contributed by atoms with E-state index in [-0.39, 0.29) is 0 Å². The molecule has 1 aromatic carbocycles. The van der Waals surface area contributed by atoms with Gasteiger partial charge in [-0.25, -0.2) is 0 Å². The monoisotopic (exact) mass is 228 g/mol. The number of hydrogen-bond donors (Lipinski definition) is 0. The number of methoxy groups -OCH3 is 1. The van der Waals surface area contributed by atoms with E-state index in [9.17, 15) is 0 Å². The molecular formula is C16H20O. The van der Waals surface area contributed by atoms with Crippen molar-refractivity contribution in [3.63, 3.8) is 0 Å². The highest BCUT2D eigenvalue weighted by molar-refractivity contribution is 5.59. The Balaban J connectivity index is 2.34. The zero-order valence-corrected chi connectivity index (χ0v) is 10.9. The van der Waals surface area contributed by atoms with Crippen molar-refractivity contribution >= 4 is 6.08 Å². The Labute approximate surface area is 104 Å². The number of fused-ring (bicyclic) bond motifs is 1. The Bertz CT molecular complexity index is 468. The number of benzene rings is 1. The number of aryl methyl sites for hydroxylation is 1. The zero-order valence-electron chi connectivity index (χ0n) is 10.9. The van der Waals surface area contributed by atoms with E-state index in [4.69, 9.17) is 4.74 Å². The lowest BCUT2D eigenvalue weighted by atomic mass is 9.88. The predicted octanol–water partition coefficient (Wildman–Crippen LogP) is 4.30. The van der Waals surface area contributed by atoms with Crippen molar-refractivity contribution in [2.24, 2.45) is 0 Å². The van der Waals surface area contributed by atoms with Crippen molar-refractivity contribution in [1.29, 1.82) is 0 Å². The molecule has 2 rings (SSSR count). The first-order chi connectivity index (χ1) is 8.11. The second kappa shape index (κ2) is 4.79. The van der Waals surface area contributed by atoms with Crippen LogP contribution in [0.5, 0.6) is 0 Å². The Morgan fingerprint density at radius 1 is 1.35 bits per heavy atom. The van der Waals surface area contributed by atoms with Crippen LogP contribution in [0.25, 0.3) is 6.08 Å². The molecule has 1 aromatic rings. The zero-order chi connectivity index (χ0) is 12.4. The minimum Gasteiger partial charge on any atom is -0.501 e.